The zero-order valence-corrected chi connectivity index (χ0v) is 13.3. The zero-order chi connectivity index (χ0) is 14.1. The summed E-state index contributed by atoms with van der Waals surface area (Å²) in [6.07, 6.45) is -0.577. The van der Waals surface area contributed by atoms with E-state index in [0.717, 1.165) is 20.1 Å². The molecule has 1 atom stereocenters. The standard InChI is InChI=1S/C18H15IO/c1-12-5-4-8-16(17(12)19)18(20)15-10-9-13-6-2-3-7-14(13)11-15/h2-11,18,20H,1H3. The number of hydrogen-bond donors (Lipinski definition) is 1. The summed E-state index contributed by atoms with van der Waals surface area (Å²) in [5.41, 5.74) is 3.11. The van der Waals surface area contributed by atoms with E-state index in [4.69, 9.17) is 0 Å². The number of halogens is 1. The Labute approximate surface area is 132 Å². The van der Waals surface area contributed by atoms with E-state index in [0.29, 0.717) is 0 Å². The number of benzene rings is 3. The van der Waals surface area contributed by atoms with Crippen LogP contribution in [0.2, 0.25) is 0 Å². The summed E-state index contributed by atoms with van der Waals surface area (Å²) in [7, 11) is 0. The van der Waals surface area contributed by atoms with Crippen molar-refractivity contribution in [3.8, 4) is 0 Å². The molecule has 0 spiro atoms. The van der Waals surface area contributed by atoms with Crippen LogP contribution in [-0.2, 0) is 0 Å². The predicted octanol–water partition coefficient (Wildman–Crippen LogP) is 4.83. The van der Waals surface area contributed by atoms with Crippen molar-refractivity contribution in [1.82, 2.24) is 0 Å². The molecule has 1 nitrogen and oxygen atoms in total. The van der Waals surface area contributed by atoms with E-state index in [-0.39, 0.29) is 0 Å². The molecule has 1 N–H and O–H groups in total. The molecule has 0 aliphatic carbocycles. The van der Waals surface area contributed by atoms with Crippen molar-refractivity contribution in [2.45, 2.75) is 13.0 Å². The van der Waals surface area contributed by atoms with Gasteiger partial charge in [-0.1, -0.05) is 54.6 Å². The third-order valence-electron chi connectivity index (χ3n) is 3.61. The molecule has 1 unspecified atom stereocenters. The number of aryl methyl sites for hydroxylation is 1. The maximum Gasteiger partial charge on any atom is 0.105 e. The average molecular weight is 374 g/mol. The lowest BCUT2D eigenvalue weighted by atomic mass is 9.97. The van der Waals surface area contributed by atoms with E-state index < -0.39 is 6.10 Å². The monoisotopic (exact) mass is 374 g/mol. The Morgan fingerprint density at radius 2 is 1.65 bits per heavy atom. The summed E-state index contributed by atoms with van der Waals surface area (Å²) in [6, 6.07) is 20.4. The molecule has 2 heteroatoms. The summed E-state index contributed by atoms with van der Waals surface area (Å²) in [5, 5.41) is 13.0. The van der Waals surface area contributed by atoms with Crippen LogP contribution in [-0.4, -0.2) is 5.11 Å². The molecule has 0 fully saturated rings. The zero-order valence-electron chi connectivity index (χ0n) is 11.2. The van der Waals surface area contributed by atoms with Gasteiger partial charge in [0.1, 0.15) is 6.10 Å². The topological polar surface area (TPSA) is 20.2 Å². The van der Waals surface area contributed by atoms with E-state index in [1.807, 2.05) is 30.3 Å². The lowest BCUT2D eigenvalue weighted by Gasteiger charge is -2.15. The summed E-state index contributed by atoms with van der Waals surface area (Å²) >= 11 is 2.30. The molecule has 0 aliphatic rings. The van der Waals surface area contributed by atoms with Gasteiger partial charge in [0, 0.05) is 3.57 Å². The largest absolute Gasteiger partial charge is 0.384 e. The van der Waals surface area contributed by atoms with Crippen LogP contribution >= 0.6 is 22.6 Å². The molecule has 0 aromatic heterocycles. The molecule has 0 radical (unpaired) electrons. The van der Waals surface area contributed by atoms with Crippen molar-refractivity contribution in [3.05, 3.63) is 80.9 Å². The quantitative estimate of drug-likeness (QED) is 0.637. The predicted molar refractivity (Wildman–Crippen MR) is 91.9 cm³/mol. The molecule has 3 rings (SSSR count). The molecule has 20 heavy (non-hydrogen) atoms. The van der Waals surface area contributed by atoms with Gasteiger partial charge < -0.3 is 5.11 Å². The van der Waals surface area contributed by atoms with Gasteiger partial charge in [-0.2, -0.15) is 0 Å². The van der Waals surface area contributed by atoms with Crippen molar-refractivity contribution >= 4 is 33.4 Å². The SMILES string of the molecule is Cc1cccc(C(O)c2ccc3ccccc3c2)c1I. The fourth-order valence-electron chi connectivity index (χ4n) is 2.44. The normalized spacial score (nSPS) is 12.6. The fourth-order valence-corrected chi connectivity index (χ4v) is 3.09. The van der Waals surface area contributed by atoms with E-state index in [2.05, 4.69) is 59.8 Å². The minimum atomic E-state index is -0.577. The highest BCUT2D eigenvalue weighted by atomic mass is 127. The van der Waals surface area contributed by atoms with Crippen LogP contribution in [0.4, 0.5) is 0 Å². The minimum absolute atomic E-state index is 0.577. The molecular formula is C18H15IO. The first-order chi connectivity index (χ1) is 9.66. The fraction of sp³-hybridized carbons (Fsp3) is 0.111. The molecule has 0 heterocycles. The van der Waals surface area contributed by atoms with Gasteiger partial charge in [-0.3, -0.25) is 0 Å². The lowest BCUT2D eigenvalue weighted by molar-refractivity contribution is 0.219. The highest BCUT2D eigenvalue weighted by Gasteiger charge is 2.14. The van der Waals surface area contributed by atoms with Gasteiger partial charge in [0.05, 0.1) is 0 Å². The molecule has 0 saturated heterocycles. The van der Waals surface area contributed by atoms with Crippen LogP contribution < -0.4 is 0 Å². The number of aliphatic hydroxyl groups is 1. The highest BCUT2D eigenvalue weighted by Crippen LogP contribution is 2.29. The van der Waals surface area contributed by atoms with E-state index in [1.165, 1.54) is 10.9 Å². The van der Waals surface area contributed by atoms with Crippen LogP contribution in [0.15, 0.2) is 60.7 Å². The Hall–Kier alpha value is -1.39. The number of rotatable bonds is 2. The summed E-state index contributed by atoms with van der Waals surface area (Å²) in [4.78, 5) is 0. The Morgan fingerprint density at radius 1 is 0.900 bits per heavy atom. The van der Waals surface area contributed by atoms with Crippen LogP contribution in [0.25, 0.3) is 10.8 Å². The number of fused-ring (bicyclic) bond motifs is 1. The van der Waals surface area contributed by atoms with Gasteiger partial charge in [-0.25, -0.2) is 0 Å². The van der Waals surface area contributed by atoms with Crippen molar-refractivity contribution < 1.29 is 5.11 Å². The van der Waals surface area contributed by atoms with Gasteiger partial charge >= 0.3 is 0 Å². The Kier molecular flexibility index (Phi) is 3.76. The van der Waals surface area contributed by atoms with E-state index >= 15 is 0 Å². The maximum absolute atomic E-state index is 10.7. The van der Waals surface area contributed by atoms with Gasteiger partial charge in [-0.15, -0.1) is 0 Å². The Balaban J connectivity index is 2.08. The van der Waals surface area contributed by atoms with Gasteiger partial charge in [0.15, 0.2) is 0 Å². The molecular weight excluding hydrogens is 359 g/mol. The van der Waals surface area contributed by atoms with Crippen LogP contribution in [0.5, 0.6) is 0 Å². The van der Waals surface area contributed by atoms with Crippen LogP contribution in [0, 0.1) is 10.5 Å². The van der Waals surface area contributed by atoms with Crippen LogP contribution in [0.3, 0.4) is 0 Å². The molecule has 100 valence electrons. The summed E-state index contributed by atoms with van der Waals surface area (Å²) in [5.74, 6) is 0. The first kappa shape index (κ1) is 13.6. The molecule has 0 bridgehead atoms. The second kappa shape index (κ2) is 5.54. The molecule has 3 aromatic rings. The van der Waals surface area contributed by atoms with Crippen molar-refractivity contribution in [2.24, 2.45) is 0 Å². The second-order valence-electron chi connectivity index (χ2n) is 4.99. The average Bonchev–Trinajstić information content (AvgIpc) is 2.49. The smallest absolute Gasteiger partial charge is 0.105 e. The lowest BCUT2D eigenvalue weighted by Crippen LogP contribution is -2.03. The third kappa shape index (κ3) is 2.45. The minimum Gasteiger partial charge on any atom is -0.384 e. The number of hydrogen-bond acceptors (Lipinski definition) is 1. The van der Waals surface area contributed by atoms with E-state index in [1.54, 1.807) is 0 Å². The first-order valence-corrected chi connectivity index (χ1v) is 7.66. The molecule has 3 aromatic carbocycles. The van der Waals surface area contributed by atoms with E-state index in [9.17, 15) is 5.11 Å². The van der Waals surface area contributed by atoms with Gasteiger partial charge in [-0.05, 0) is 63.0 Å². The van der Waals surface area contributed by atoms with Crippen molar-refractivity contribution in [1.29, 1.82) is 0 Å². The maximum atomic E-state index is 10.7. The summed E-state index contributed by atoms with van der Waals surface area (Å²) < 4.78 is 1.13. The van der Waals surface area contributed by atoms with Crippen molar-refractivity contribution in [3.63, 3.8) is 0 Å². The highest BCUT2D eigenvalue weighted by molar-refractivity contribution is 14.1. The van der Waals surface area contributed by atoms with Gasteiger partial charge in [0.2, 0.25) is 0 Å². The van der Waals surface area contributed by atoms with Gasteiger partial charge in [0.25, 0.3) is 0 Å². The third-order valence-corrected chi connectivity index (χ3v) is 5.08. The Bertz CT molecular complexity index is 764. The first-order valence-electron chi connectivity index (χ1n) is 6.58. The number of aliphatic hydroxyl groups excluding tert-OH is 1. The molecule has 0 saturated carbocycles. The molecule has 0 aliphatic heterocycles. The van der Waals surface area contributed by atoms with Crippen molar-refractivity contribution in [2.75, 3.05) is 0 Å². The second-order valence-corrected chi connectivity index (χ2v) is 6.07. The van der Waals surface area contributed by atoms with Crippen LogP contribution in [0.1, 0.15) is 22.8 Å². The molecule has 0 amide bonds. The Morgan fingerprint density at radius 3 is 2.45 bits per heavy atom. The summed E-state index contributed by atoms with van der Waals surface area (Å²) in [6.45, 7) is 2.07.